The van der Waals surface area contributed by atoms with Crippen LogP contribution < -0.4 is 0 Å². The molecule has 0 aromatic heterocycles. The van der Waals surface area contributed by atoms with Crippen LogP contribution in [0, 0.1) is 5.92 Å². The molecule has 2 rings (SSSR count). The van der Waals surface area contributed by atoms with Gasteiger partial charge in [0.05, 0.1) is 4.71 Å². The predicted molar refractivity (Wildman–Crippen MR) is 38.8 cm³/mol. The molecule has 0 radical (unpaired) electrons. The van der Waals surface area contributed by atoms with Crippen LogP contribution >= 0.6 is 23.4 Å². The van der Waals surface area contributed by atoms with Crippen molar-refractivity contribution in [3.63, 3.8) is 0 Å². The Morgan fingerprint density at radius 1 is 1.67 bits per heavy atom. The number of ketones is 1. The maximum atomic E-state index is 10.8. The molecule has 0 unspecified atom stereocenters. The number of halogens is 1. The summed E-state index contributed by atoms with van der Waals surface area (Å²) in [5.41, 5.74) is 0. The first-order valence-electron chi connectivity index (χ1n) is 3.09. The Labute approximate surface area is 63.1 Å². The minimum Gasteiger partial charge on any atom is -0.299 e. The van der Waals surface area contributed by atoms with Crippen molar-refractivity contribution >= 4 is 29.1 Å². The highest BCUT2D eigenvalue weighted by Gasteiger charge is 2.46. The van der Waals surface area contributed by atoms with Crippen LogP contribution in [-0.4, -0.2) is 15.7 Å². The number of alkyl halides is 1. The normalized spacial score (nSPS) is 48.6. The number of carbonyl (C=O) groups is 1. The number of thioether (sulfide) groups is 1. The van der Waals surface area contributed by atoms with Crippen LogP contribution in [-0.2, 0) is 4.79 Å². The monoisotopic (exact) mass is 162 g/mol. The van der Waals surface area contributed by atoms with Crippen LogP contribution in [0.5, 0.6) is 0 Å². The number of hydrogen-bond donors (Lipinski definition) is 0. The first kappa shape index (κ1) is 6.05. The Morgan fingerprint density at radius 3 is 2.89 bits per heavy atom. The quantitative estimate of drug-likeness (QED) is 0.504. The van der Waals surface area contributed by atoms with Gasteiger partial charge in [-0.2, -0.15) is 0 Å². The topological polar surface area (TPSA) is 17.1 Å². The Morgan fingerprint density at radius 2 is 2.44 bits per heavy atom. The molecule has 2 fully saturated rings. The van der Waals surface area contributed by atoms with Gasteiger partial charge in [0.15, 0.2) is 0 Å². The zero-order chi connectivity index (χ0) is 6.43. The van der Waals surface area contributed by atoms with Gasteiger partial charge in [-0.15, -0.1) is 23.4 Å². The molecule has 0 spiro atoms. The third-order valence-electron chi connectivity index (χ3n) is 2.03. The van der Waals surface area contributed by atoms with Crippen molar-refractivity contribution in [1.29, 1.82) is 0 Å². The van der Waals surface area contributed by atoms with E-state index in [0.29, 0.717) is 17.0 Å². The van der Waals surface area contributed by atoms with Crippen LogP contribution in [0.25, 0.3) is 0 Å². The van der Waals surface area contributed by atoms with E-state index in [4.69, 9.17) is 11.6 Å². The highest BCUT2D eigenvalue weighted by atomic mass is 35.5. The predicted octanol–water partition coefficient (Wildman–Crippen LogP) is 1.65. The maximum absolute atomic E-state index is 10.8. The lowest BCUT2D eigenvalue weighted by atomic mass is 9.82. The number of hydrogen-bond acceptors (Lipinski definition) is 2. The van der Waals surface area contributed by atoms with Gasteiger partial charge in [0, 0.05) is 17.6 Å². The molecular weight excluding hydrogens is 156 g/mol. The standard InChI is InChI=1S/C6H7ClOS/c7-6-1-3-4(8)2-5(3)9-6/h3,5-6H,1-2H2/t3-,5+,6+/m0/s1. The number of rotatable bonds is 0. The van der Waals surface area contributed by atoms with Crippen molar-refractivity contribution in [2.45, 2.75) is 22.8 Å². The molecule has 0 aromatic rings. The van der Waals surface area contributed by atoms with Crippen molar-refractivity contribution in [2.75, 3.05) is 0 Å². The van der Waals surface area contributed by atoms with Gasteiger partial charge < -0.3 is 0 Å². The Bertz CT molecular complexity index is 159. The number of fused-ring (bicyclic) bond motifs is 1. The minimum atomic E-state index is 0.214. The van der Waals surface area contributed by atoms with Gasteiger partial charge in [-0.1, -0.05) is 0 Å². The third kappa shape index (κ3) is 0.802. The molecule has 1 aliphatic heterocycles. The van der Waals surface area contributed by atoms with E-state index in [1.165, 1.54) is 0 Å². The van der Waals surface area contributed by atoms with Crippen molar-refractivity contribution in [2.24, 2.45) is 5.92 Å². The fourth-order valence-corrected chi connectivity index (χ4v) is 3.41. The summed E-state index contributed by atoms with van der Waals surface area (Å²) in [6.07, 6.45) is 1.69. The molecule has 1 aliphatic carbocycles. The molecule has 0 bridgehead atoms. The van der Waals surface area contributed by atoms with E-state index in [9.17, 15) is 4.79 Å². The zero-order valence-electron chi connectivity index (χ0n) is 4.84. The van der Waals surface area contributed by atoms with Crippen LogP contribution in [0.2, 0.25) is 0 Å². The lowest BCUT2D eigenvalue weighted by molar-refractivity contribution is -0.128. The van der Waals surface area contributed by atoms with E-state index >= 15 is 0 Å². The smallest absolute Gasteiger partial charge is 0.138 e. The highest BCUT2D eigenvalue weighted by Crippen LogP contribution is 2.49. The van der Waals surface area contributed by atoms with Gasteiger partial charge >= 0.3 is 0 Å². The molecule has 1 saturated heterocycles. The Balaban J connectivity index is 2.08. The summed E-state index contributed by atoms with van der Waals surface area (Å²) in [5, 5.41) is 0.583. The van der Waals surface area contributed by atoms with Crippen molar-refractivity contribution in [1.82, 2.24) is 0 Å². The summed E-state index contributed by atoms with van der Waals surface area (Å²) in [6.45, 7) is 0. The van der Waals surface area contributed by atoms with Gasteiger partial charge in [0.25, 0.3) is 0 Å². The van der Waals surface area contributed by atoms with Gasteiger partial charge in [0.1, 0.15) is 5.78 Å². The van der Waals surface area contributed by atoms with E-state index < -0.39 is 0 Å². The molecule has 0 amide bonds. The summed E-state index contributed by atoms with van der Waals surface area (Å²) in [6, 6.07) is 0. The molecule has 0 aromatic carbocycles. The van der Waals surface area contributed by atoms with Gasteiger partial charge in [0.2, 0.25) is 0 Å². The second kappa shape index (κ2) is 1.89. The molecule has 1 nitrogen and oxygen atoms in total. The van der Waals surface area contributed by atoms with Crippen LogP contribution in [0.4, 0.5) is 0 Å². The highest BCUT2D eigenvalue weighted by molar-refractivity contribution is 8.02. The molecule has 2 aliphatic rings. The average molecular weight is 163 g/mol. The summed E-state index contributed by atoms with van der Waals surface area (Å²) >= 11 is 7.58. The summed E-state index contributed by atoms with van der Waals surface area (Å²) in [7, 11) is 0. The lowest BCUT2D eigenvalue weighted by Crippen LogP contribution is -2.35. The van der Waals surface area contributed by atoms with E-state index in [1.807, 2.05) is 0 Å². The second-order valence-electron chi connectivity index (χ2n) is 2.60. The number of Topliss-reactive ketones (excluding diaryl/α,β-unsaturated/α-hetero) is 1. The molecule has 1 saturated carbocycles. The molecule has 50 valence electrons. The first-order valence-corrected chi connectivity index (χ1v) is 4.47. The van der Waals surface area contributed by atoms with Gasteiger partial charge in [-0.25, -0.2) is 0 Å². The Hall–Kier alpha value is 0.310. The summed E-state index contributed by atoms with van der Waals surface area (Å²) in [4.78, 5) is 10.8. The van der Waals surface area contributed by atoms with Gasteiger partial charge in [-0.3, -0.25) is 4.79 Å². The second-order valence-corrected chi connectivity index (χ2v) is 4.83. The van der Waals surface area contributed by atoms with E-state index in [2.05, 4.69) is 0 Å². The average Bonchev–Trinajstić information content (AvgIpc) is 2.08. The molecule has 3 atom stereocenters. The molecule has 3 heteroatoms. The largest absolute Gasteiger partial charge is 0.299 e. The first-order chi connectivity index (χ1) is 4.27. The molecule has 9 heavy (non-hydrogen) atoms. The van der Waals surface area contributed by atoms with Crippen LogP contribution in [0.1, 0.15) is 12.8 Å². The summed E-state index contributed by atoms with van der Waals surface area (Å²) < 4.78 is 0.214. The molecule has 0 N–H and O–H groups in total. The van der Waals surface area contributed by atoms with Crippen LogP contribution in [0.15, 0.2) is 0 Å². The summed E-state index contributed by atoms with van der Waals surface area (Å²) in [5.74, 6) is 0.758. The van der Waals surface area contributed by atoms with E-state index in [0.717, 1.165) is 12.8 Å². The minimum absolute atomic E-state index is 0.214. The van der Waals surface area contributed by atoms with Crippen molar-refractivity contribution < 1.29 is 4.79 Å². The van der Waals surface area contributed by atoms with E-state index in [1.54, 1.807) is 11.8 Å². The fraction of sp³-hybridized carbons (Fsp3) is 0.833. The Kier molecular flexibility index (Phi) is 1.27. The van der Waals surface area contributed by atoms with Crippen molar-refractivity contribution in [3.8, 4) is 0 Å². The molecular formula is C6H7ClOS. The molecule has 1 heterocycles. The van der Waals surface area contributed by atoms with Gasteiger partial charge in [-0.05, 0) is 6.42 Å². The number of carbonyl (C=O) groups excluding carboxylic acids is 1. The zero-order valence-corrected chi connectivity index (χ0v) is 6.41. The maximum Gasteiger partial charge on any atom is 0.138 e. The SMILES string of the molecule is O=C1C[C@H]2S[C@@H](Cl)C[C@@H]12. The van der Waals surface area contributed by atoms with Crippen LogP contribution in [0.3, 0.4) is 0 Å². The third-order valence-corrected chi connectivity index (χ3v) is 3.85. The fourth-order valence-electron chi connectivity index (χ4n) is 1.41. The lowest BCUT2D eigenvalue weighted by Gasteiger charge is -2.26. The van der Waals surface area contributed by atoms with Crippen molar-refractivity contribution in [3.05, 3.63) is 0 Å². The van der Waals surface area contributed by atoms with E-state index in [-0.39, 0.29) is 4.71 Å².